The first-order chi connectivity index (χ1) is 9.75. The number of ether oxygens (including phenoxy) is 1. The molecule has 1 saturated carbocycles. The molecule has 0 amide bonds. The second kappa shape index (κ2) is 8.42. The van der Waals surface area contributed by atoms with Crippen molar-refractivity contribution in [3.8, 4) is 0 Å². The van der Waals surface area contributed by atoms with Crippen molar-refractivity contribution >= 4 is 0 Å². The average molecular weight is 283 g/mol. The Kier molecular flexibility index (Phi) is 6.53. The third-order valence-electron chi connectivity index (χ3n) is 3.73. The van der Waals surface area contributed by atoms with Gasteiger partial charge < -0.3 is 24.7 Å². The number of rotatable bonds is 7. The molecule has 114 valence electrons. The zero-order valence-electron chi connectivity index (χ0n) is 11.8. The normalized spacial score (nSPS) is 25.3. The first kappa shape index (κ1) is 15.5. The Morgan fingerprint density at radius 3 is 3.00 bits per heavy atom. The summed E-state index contributed by atoms with van der Waals surface area (Å²) in [6.45, 7) is 1.08. The summed E-state index contributed by atoms with van der Waals surface area (Å²) in [6, 6.07) is 3.74. The molecule has 3 N–H and O–H groups in total. The van der Waals surface area contributed by atoms with Crippen LogP contribution in [0.25, 0.3) is 0 Å². The van der Waals surface area contributed by atoms with Crippen LogP contribution in [0.3, 0.4) is 0 Å². The van der Waals surface area contributed by atoms with Crippen LogP contribution < -0.4 is 5.32 Å². The van der Waals surface area contributed by atoms with Gasteiger partial charge in [-0.25, -0.2) is 0 Å². The van der Waals surface area contributed by atoms with Crippen LogP contribution in [0, 0.1) is 0 Å². The number of hydrogen-bond acceptors (Lipinski definition) is 5. The molecule has 1 aliphatic rings. The van der Waals surface area contributed by atoms with Crippen LogP contribution in [0.4, 0.5) is 0 Å². The smallest absolute Gasteiger partial charge is 0.129 e. The second-order valence-electron chi connectivity index (χ2n) is 5.47. The van der Waals surface area contributed by atoms with Gasteiger partial charge in [0.05, 0.1) is 25.1 Å². The zero-order chi connectivity index (χ0) is 14.2. The van der Waals surface area contributed by atoms with Crippen LogP contribution in [-0.2, 0) is 11.3 Å². The maximum Gasteiger partial charge on any atom is 0.129 e. The fourth-order valence-electron chi connectivity index (χ4n) is 2.56. The van der Waals surface area contributed by atoms with Crippen molar-refractivity contribution in [1.82, 2.24) is 5.32 Å². The van der Waals surface area contributed by atoms with E-state index in [1.165, 1.54) is 6.42 Å². The number of hydrogen-bond donors (Lipinski definition) is 3. The van der Waals surface area contributed by atoms with E-state index in [1.54, 1.807) is 6.26 Å². The van der Waals surface area contributed by atoms with Gasteiger partial charge in [0.15, 0.2) is 0 Å². The molecule has 1 aromatic heterocycles. The topological polar surface area (TPSA) is 74.9 Å². The summed E-state index contributed by atoms with van der Waals surface area (Å²) < 4.78 is 10.5. The van der Waals surface area contributed by atoms with E-state index in [-0.39, 0.29) is 18.8 Å². The van der Waals surface area contributed by atoms with Gasteiger partial charge in [0.1, 0.15) is 12.4 Å². The summed E-state index contributed by atoms with van der Waals surface area (Å²) >= 11 is 0. The summed E-state index contributed by atoms with van der Waals surface area (Å²) in [5, 5.41) is 23.1. The summed E-state index contributed by atoms with van der Waals surface area (Å²) in [4.78, 5) is 0. The van der Waals surface area contributed by atoms with Gasteiger partial charge in [-0.1, -0.05) is 19.3 Å². The molecule has 0 radical (unpaired) electrons. The number of aliphatic hydroxyl groups is 2. The lowest BCUT2D eigenvalue weighted by molar-refractivity contribution is 0.0179. The Balaban J connectivity index is 1.60. The second-order valence-corrected chi connectivity index (χ2v) is 5.47. The van der Waals surface area contributed by atoms with E-state index in [2.05, 4.69) is 5.32 Å². The minimum Gasteiger partial charge on any atom is -0.467 e. The molecule has 0 spiro atoms. The van der Waals surface area contributed by atoms with Crippen LogP contribution >= 0.6 is 0 Å². The minimum atomic E-state index is -0.569. The van der Waals surface area contributed by atoms with Crippen molar-refractivity contribution in [2.45, 2.75) is 57.0 Å². The molecule has 3 unspecified atom stereocenters. The summed E-state index contributed by atoms with van der Waals surface area (Å²) in [7, 11) is 0. The van der Waals surface area contributed by atoms with Gasteiger partial charge in [0, 0.05) is 12.6 Å². The van der Waals surface area contributed by atoms with Gasteiger partial charge in [-0.3, -0.25) is 0 Å². The lowest BCUT2D eigenvalue weighted by Gasteiger charge is -2.23. The van der Waals surface area contributed by atoms with Gasteiger partial charge in [-0.05, 0) is 25.0 Å². The molecule has 1 heterocycles. The first-order valence-electron chi connectivity index (χ1n) is 7.45. The van der Waals surface area contributed by atoms with Crippen molar-refractivity contribution in [2.24, 2.45) is 0 Å². The Hall–Kier alpha value is -0.880. The number of furan rings is 1. The van der Waals surface area contributed by atoms with Crippen molar-refractivity contribution in [3.05, 3.63) is 24.2 Å². The SMILES string of the molecule is OC(CNC1CCCCCC1O)COCc1ccco1. The maximum absolute atomic E-state index is 9.98. The van der Waals surface area contributed by atoms with E-state index in [0.717, 1.165) is 31.4 Å². The minimum absolute atomic E-state index is 0.0947. The standard InChI is InChI=1S/C15H25NO4/c17-12(10-19-11-13-5-4-8-20-13)9-16-14-6-2-1-3-7-15(14)18/h4-5,8,12,14-18H,1-3,6-7,9-11H2. The lowest BCUT2D eigenvalue weighted by atomic mass is 10.1. The van der Waals surface area contributed by atoms with E-state index in [4.69, 9.17) is 9.15 Å². The average Bonchev–Trinajstić information content (AvgIpc) is 2.86. The van der Waals surface area contributed by atoms with Crippen LogP contribution in [0.1, 0.15) is 37.9 Å². The molecule has 0 bridgehead atoms. The highest BCUT2D eigenvalue weighted by Crippen LogP contribution is 2.17. The van der Waals surface area contributed by atoms with Crippen molar-refractivity contribution in [2.75, 3.05) is 13.2 Å². The van der Waals surface area contributed by atoms with Crippen molar-refractivity contribution < 1.29 is 19.4 Å². The van der Waals surface area contributed by atoms with E-state index >= 15 is 0 Å². The molecule has 3 atom stereocenters. The molecule has 1 aliphatic carbocycles. The molecule has 0 aliphatic heterocycles. The third kappa shape index (κ3) is 5.25. The summed E-state index contributed by atoms with van der Waals surface area (Å²) in [5.41, 5.74) is 0. The largest absolute Gasteiger partial charge is 0.467 e. The molecule has 20 heavy (non-hydrogen) atoms. The highest BCUT2D eigenvalue weighted by molar-refractivity contribution is 4.96. The van der Waals surface area contributed by atoms with Crippen LogP contribution in [-0.4, -0.2) is 41.6 Å². The quantitative estimate of drug-likeness (QED) is 0.660. The van der Waals surface area contributed by atoms with E-state index < -0.39 is 6.10 Å². The monoisotopic (exact) mass is 283 g/mol. The molecular weight excluding hydrogens is 258 g/mol. The highest BCUT2D eigenvalue weighted by atomic mass is 16.5. The fourth-order valence-corrected chi connectivity index (χ4v) is 2.56. The molecule has 0 saturated heterocycles. The van der Waals surface area contributed by atoms with Crippen molar-refractivity contribution in [1.29, 1.82) is 0 Å². The Morgan fingerprint density at radius 2 is 2.20 bits per heavy atom. The van der Waals surface area contributed by atoms with Crippen LogP contribution in [0.2, 0.25) is 0 Å². The van der Waals surface area contributed by atoms with Gasteiger partial charge >= 0.3 is 0 Å². The molecule has 5 heteroatoms. The molecular formula is C15H25NO4. The Labute approximate surface area is 119 Å². The first-order valence-corrected chi connectivity index (χ1v) is 7.45. The predicted molar refractivity (Wildman–Crippen MR) is 75.3 cm³/mol. The molecule has 5 nitrogen and oxygen atoms in total. The van der Waals surface area contributed by atoms with Gasteiger partial charge in [-0.2, -0.15) is 0 Å². The Bertz CT molecular complexity index is 355. The van der Waals surface area contributed by atoms with Crippen LogP contribution in [0.15, 0.2) is 22.8 Å². The lowest BCUT2D eigenvalue weighted by Crippen LogP contribution is -2.43. The van der Waals surface area contributed by atoms with Crippen LogP contribution in [0.5, 0.6) is 0 Å². The highest BCUT2D eigenvalue weighted by Gasteiger charge is 2.21. The maximum atomic E-state index is 9.98. The third-order valence-corrected chi connectivity index (χ3v) is 3.73. The zero-order valence-corrected chi connectivity index (χ0v) is 11.8. The van der Waals surface area contributed by atoms with E-state index in [0.29, 0.717) is 13.2 Å². The summed E-state index contributed by atoms with van der Waals surface area (Å²) in [6.07, 6.45) is 5.97. The van der Waals surface area contributed by atoms with Gasteiger partial charge in [0.25, 0.3) is 0 Å². The summed E-state index contributed by atoms with van der Waals surface area (Å²) in [5.74, 6) is 0.754. The molecule has 2 rings (SSSR count). The van der Waals surface area contributed by atoms with E-state index in [1.807, 2.05) is 12.1 Å². The number of nitrogens with one attached hydrogen (secondary N) is 1. The number of aliphatic hydroxyl groups excluding tert-OH is 2. The van der Waals surface area contributed by atoms with Gasteiger partial charge in [0.2, 0.25) is 0 Å². The molecule has 1 aromatic rings. The van der Waals surface area contributed by atoms with Gasteiger partial charge in [-0.15, -0.1) is 0 Å². The van der Waals surface area contributed by atoms with E-state index in [9.17, 15) is 10.2 Å². The molecule has 0 aromatic carbocycles. The molecule has 1 fully saturated rings. The van der Waals surface area contributed by atoms with Crippen molar-refractivity contribution in [3.63, 3.8) is 0 Å². The predicted octanol–water partition coefficient (Wildman–Crippen LogP) is 1.44. The fraction of sp³-hybridized carbons (Fsp3) is 0.733. The Morgan fingerprint density at radius 1 is 1.35 bits per heavy atom.